The van der Waals surface area contributed by atoms with Crippen molar-refractivity contribution < 1.29 is 9.59 Å². The first-order chi connectivity index (χ1) is 13.4. The Morgan fingerprint density at radius 3 is 2.36 bits per heavy atom. The van der Waals surface area contributed by atoms with E-state index in [9.17, 15) is 9.59 Å². The molecular formula is C20H19ClN4O2S. The van der Waals surface area contributed by atoms with E-state index in [1.54, 1.807) is 35.2 Å². The third-order valence-corrected chi connectivity index (χ3v) is 4.95. The smallest absolute Gasteiger partial charge is 0.276 e. The number of rotatable bonds is 6. The summed E-state index contributed by atoms with van der Waals surface area (Å²) in [6.07, 6.45) is 1.51. The topological polar surface area (TPSA) is 84.0 Å². The van der Waals surface area contributed by atoms with Crippen LogP contribution < -0.4 is 10.6 Å². The van der Waals surface area contributed by atoms with Gasteiger partial charge in [0.05, 0.1) is 23.3 Å². The van der Waals surface area contributed by atoms with E-state index in [-0.39, 0.29) is 23.7 Å². The Labute approximate surface area is 172 Å². The summed E-state index contributed by atoms with van der Waals surface area (Å²) in [5, 5.41) is 7.84. The molecule has 3 rings (SSSR count). The number of hydrogen-bond donors (Lipinski definition) is 2. The van der Waals surface area contributed by atoms with E-state index < -0.39 is 0 Å². The van der Waals surface area contributed by atoms with Gasteiger partial charge in [-0.1, -0.05) is 37.6 Å². The molecule has 0 saturated heterocycles. The number of nitrogens with one attached hydrogen (secondary N) is 2. The van der Waals surface area contributed by atoms with Crippen LogP contribution in [-0.4, -0.2) is 21.8 Å². The average Bonchev–Trinajstić information content (AvgIpc) is 3.20. The van der Waals surface area contributed by atoms with Crippen molar-refractivity contribution in [3.05, 3.63) is 69.8 Å². The Morgan fingerprint density at radius 2 is 1.79 bits per heavy atom. The molecule has 0 aliphatic rings. The van der Waals surface area contributed by atoms with Gasteiger partial charge < -0.3 is 10.6 Å². The number of pyridine rings is 1. The molecule has 2 heterocycles. The molecule has 0 aliphatic heterocycles. The van der Waals surface area contributed by atoms with Gasteiger partial charge >= 0.3 is 0 Å². The molecule has 3 aromatic rings. The van der Waals surface area contributed by atoms with Crippen LogP contribution in [0, 0.1) is 5.92 Å². The molecule has 2 N–H and O–H groups in total. The summed E-state index contributed by atoms with van der Waals surface area (Å²) in [6.45, 7) is 3.99. The van der Waals surface area contributed by atoms with Gasteiger partial charge in [-0.3, -0.25) is 9.59 Å². The van der Waals surface area contributed by atoms with Crippen LogP contribution in [0.1, 0.15) is 35.8 Å². The van der Waals surface area contributed by atoms with E-state index in [1.165, 1.54) is 17.5 Å². The van der Waals surface area contributed by atoms with Gasteiger partial charge in [-0.15, -0.1) is 11.3 Å². The molecule has 2 amide bonds. The van der Waals surface area contributed by atoms with Crippen LogP contribution in [0.5, 0.6) is 0 Å². The fraction of sp³-hybridized carbons (Fsp3) is 0.200. The molecule has 8 heteroatoms. The molecule has 144 valence electrons. The Balaban J connectivity index is 1.67. The summed E-state index contributed by atoms with van der Waals surface area (Å²) >= 11 is 7.29. The highest BCUT2D eigenvalue weighted by atomic mass is 35.5. The number of benzene rings is 1. The molecule has 0 bridgehead atoms. The zero-order chi connectivity index (χ0) is 20.1. The average molecular weight is 415 g/mol. The monoisotopic (exact) mass is 414 g/mol. The van der Waals surface area contributed by atoms with Gasteiger partial charge in [0.2, 0.25) is 5.91 Å². The van der Waals surface area contributed by atoms with Gasteiger partial charge in [0.15, 0.2) is 0 Å². The Morgan fingerprint density at radius 1 is 1.04 bits per heavy atom. The van der Waals surface area contributed by atoms with Gasteiger partial charge in [0.25, 0.3) is 5.91 Å². The molecule has 6 nitrogen and oxygen atoms in total. The minimum Gasteiger partial charge on any atom is -0.324 e. The first kappa shape index (κ1) is 20.0. The largest absolute Gasteiger partial charge is 0.324 e. The van der Waals surface area contributed by atoms with Crippen LogP contribution in [0.3, 0.4) is 0 Å². The molecule has 1 aromatic carbocycles. The van der Waals surface area contributed by atoms with Crippen LogP contribution in [0.4, 0.5) is 11.5 Å². The molecule has 28 heavy (non-hydrogen) atoms. The highest BCUT2D eigenvalue weighted by Crippen LogP contribution is 2.27. The molecular weight excluding hydrogens is 396 g/mol. The van der Waals surface area contributed by atoms with Crippen LogP contribution >= 0.6 is 22.9 Å². The maximum atomic E-state index is 12.8. The molecule has 0 fully saturated rings. The minimum atomic E-state index is -0.326. The summed E-state index contributed by atoms with van der Waals surface area (Å²) in [5.41, 5.74) is 3.38. The predicted molar refractivity (Wildman–Crippen MR) is 112 cm³/mol. The SMILES string of the molecule is CC(C)[C@@H](C(=O)Nc1ccc(NC(=O)c2cscn2)nc1)c1ccc(Cl)cc1. The van der Waals surface area contributed by atoms with Crippen LogP contribution in [0.2, 0.25) is 5.02 Å². The first-order valence-electron chi connectivity index (χ1n) is 8.66. The zero-order valence-corrected chi connectivity index (χ0v) is 16.9. The van der Waals surface area contributed by atoms with E-state index >= 15 is 0 Å². The van der Waals surface area contributed by atoms with Gasteiger partial charge in [0, 0.05) is 10.4 Å². The number of nitrogens with zero attached hydrogens (tertiary/aromatic N) is 2. The number of thiazole rings is 1. The van der Waals surface area contributed by atoms with Crippen molar-refractivity contribution in [3.63, 3.8) is 0 Å². The predicted octanol–water partition coefficient (Wildman–Crippen LogP) is 4.82. The molecule has 0 radical (unpaired) electrons. The van der Waals surface area contributed by atoms with Crippen molar-refractivity contribution in [1.82, 2.24) is 9.97 Å². The molecule has 0 aliphatic carbocycles. The number of anilines is 2. The summed E-state index contributed by atoms with van der Waals surface area (Å²) in [4.78, 5) is 32.9. The van der Waals surface area contributed by atoms with E-state index in [1.807, 2.05) is 26.0 Å². The molecule has 0 unspecified atom stereocenters. The summed E-state index contributed by atoms with van der Waals surface area (Å²) < 4.78 is 0. The van der Waals surface area contributed by atoms with Crippen molar-refractivity contribution in [3.8, 4) is 0 Å². The van der Waals surface area contributed by atoms with Crippen LogP contribution in [-0.2, 0) is 4.79 Å². The quantitative estimate of drug-likeness (QED) is 0.605. The first-order valence-corrected chi connectivity index (χ1v) is 9.98. The summed E-state index contributed by atoms with van der Waals surface area (Å²) in [6, 6.07) is 10.6. The Hall–Kier alpha value is -2.77. The number of carbonyl (C=O) groups excluding carboxylic acids is 2. The molecule has 2 aromatic heterocycles. The molecule has 0 spiro atoms. The third kappa shape index (κ3) is 4.94. The normalized spacial score (nSPS) is 11.9. The summed E-state index contributed by atoms with van der Waals surface area (Å²) in [7, 11) is 0. The van der Waals surface area contributed by atoms with Gasteiger partial charge in [-0.05, 0) is 35.7 Å². The lowest BCUT2D eigenvalue weighted by Gasteiger charge is -2.21. The van der Waals surface area contributed by atoms with Gasteiger partial charge in [0.1, 0.15) is 11.5 Å². The number of amides is 2. The van der Waals surface area contributed by atoms with Crippen molar-refractivity contribution in [2.24, 2.45) is 5.92 Å². The van der Waals surface area contributed by atoms with Crippen LogP contribution in [0.15, 0.2) is 53.5 Å². The van der Waals surface area contributed by atoms with E-state index in [4.69, 9.17) is 11.6 Å². The lowest BCUT2D eigenvalue weighted by molar-refractivity contribution is -0.118. The second-order valence-corrected chi connectivity index (χ2v) is 7.68. The maximum absolute atomic E-state index is 12.8. The number of carbonyl (C=O) groups is 2. The van der Waals surface area contributed by atoms with Gasteiger partial charge in [-0.25, -0.2) is 9.97 Å². The van der Waals surface area contributed by atoms with E-state index in [0.717, 1.165) is 5.56 Å². The highest BCUT2D eigenvalue weighted by Gasteiger charge is 2.24. The Kier molecular flexibility index (Phi) is 6.38. The van der Waals surface area contributed by atoms with Gasteiger partial charge in [-0.2, -0.15) is 0 Å². The fourth-order valence-corrected chi connectivity index (χ4v) is 3.43. The number of hydrogen-bond acceptors (Lipinski definition) is 5. The van der Waals surface area contributed by atoms with Crippen LogP contribution in [0.25, 0.3) is 0 Å². The summed E-state index contributed by atoms with van der Waals surface area (Å²) in [5.74, 6) is -0.284. The Bertz CT molecular complexity index is 941. The van der Waals surface area contributed by atoms with Crippen molar-refractivity contribution in [2.75, 3.05) is 10.6 Å². The van der Waals surface area contributed by atoms with Crippen molar-refractivity contribution >= 4 is 46.3 Å². The molecule has 1 atom stereocenters. The second kappa shape index (κ2) is 8.95. The zero-order valence-electron chi connectivity index (χ0n) is 15.3. The lowest BCUT2D eigenvalue weighted by atomic mass is 9.87. The lowest BCUT2D eigenvalue weighted by Crippen LogP contribution is -2.25. The second-order valence-electron chi connectivity index (χ2n) is 6.52. The van der Waals surface area contributed by atoms with Crippen molar-refractivity contribution in [2.45, 2.75) is 19.8 Å². The number of aromatic nitrogens is 2. The third-order valence-electron chi connectivity index (χ3n) is 4.12. The maximum Gasteiger partial charge on any atom is 0.276 e. The number of halogens is 1. The minimum absolute atomic E-state index is 0.103. The van der Waals surface area contributed by atoms with Crippen molar-refractivity contribution in [1.29, 1.82) is 0 Å². The standard InChI is InChI=1S/C20H19ClN4O2S/c1-12(2)18(13-3-5-14(21)6-4-13)20(27)24-15-7-8-17(22-9-15)25-19(26)16-10-28-11-23-16/h3-12,18H,1-2H3,(H,24,27)(H,22,25,26)/t18-/m1/s1. The van der Waals surface area contributed by atoms with E-state index in [0.29, 0.717) is 22.2 Å². The van der Waals surface area contributed by atoms with E-state index in [2.05, 4.69) is 20.6 Å². The highest BCUT2D eigenvalue weighted by molar-refractivity contribution is 7.07. The molecule has 0 saturated carbocycles. The fourth-order valence-electron chi connectivity index (χ4n) is 2.78.